The summed E-state index contributed by atoms with van der Waals surface area (Å²) in [5.41, 5.74) is 1.44. The number of ketones is 1. The van der Waals surface area contributed by atoms with Crippen LogP contribution in [0.4, 0.5) is 0 Å². The molecule has 3 rings (SSSR count). The van der Waals surface area contributed by atoms with Crippen molar-refractivity contribution in [3.05, 3.63) is 23.9 Å². The number of Topliss-reactive ketones (excluding diaryl/α,β-unsaturated/α-hetero) is 1. The minimum absolute atomic E-state index is 0.0264. The van der Waals surface area contributed by atoms with Gasteiger partial charge in [-0.1, -0.05) is 0 Å². The van der Waals surface area contributed by atoms with Gasteiger partial charge >= 0.3 is 0 Å². The Labute approximate surface area is 102 Å². The summed E-state index contributed by atoms with van der Waals surface area (Å²) in [5, 5.41) is 0.819. The van der Waals surface area contributed by atoms with E-state index in [1.165, 1.54) is 0 Å². The maximum absolute atomic E-state index is 11.6. The van der Waals surface area contributed by atoms with E-state index in [2.05, 4.69) is 4.98 Å². The maximum Gasteiger partial charge on any atom is 0.179 e. The first kappa shape index (κ1) is 10.5. The number of benzene rings is 1. The lowest BCUT2D eigenvalue weighted by molar-refractivity contribution is 0.102. The van der Waals surface area contributed by atoms with Crippen molar-refractivity contribution in [2.45, 2.75) is 0 Å². The molecule has 1 aromatic carbocycles. The molecule has 2 heterocycles. The van der Waals surface area contributed by atoms with Crippen LogP contribution in [0.1, 0.15) is 10.4 Å². The van der Waals surface area contributed by atoms with E-state index < -0.39 is 0 Å². The molecule has 1 aliphatic rings. The first-order chi connectivity index (χ1) is 8.29. The van der Waals surface area contributed by atoms with Crippen LogP contribution in [0.3, 0.4) is 0 Å². The average molecular weight is 252 g/mol. The van der Waals surface area contributed by atoms with E-state index in [1.54, 1.807) is 6.20 Å². The predicted octanol–water partition coefficient (Wildman–Crippen LogP) is 2.36. The number of halogens is 1. The zero-order valence-electron chi connectivity index (χ0n) is 8.96. The van der Waals surface area contributed by atoms with Gasteiger partial charge in [0.1, 0.15) is 13.2 Å². The Bertz CT molecular complexity index is 591. The number of alkyl halides is 1. The fraction of sp³-hybridized carbons (Fsp3) is 0.250. The van der Waals surface area contributed by atoms with Crippen LogP contribution in [0.5, 0.6) is 11.5 Å². The van der Waals surface area contributed by atoms with Crippen LogP contribution in [0.25, 0.3) is 10.9 Å². The Morgan fingerprint density at radius 3 is 2.71 bits per heavy atom. The first-order valence-corrected chi connectivity index (χ1v) is 5.83. The molecule has 0 bridgehead atoms. The largest absolute Gasteiger partial charge is 0.486 e. The Balaban J connectivity index is 2.19. The molecule has 1 aromatic heterocycles. The van der Waals surface area contributed by atoms with Crippen molar-refractivity contribution in [3.63, 3.8) is 0 Å². The highest BCUT2D eigenvalue weighted by molar-refractivity contribution is 6.32. The summed E-state index contributed by atoms with van der Waals surface area (Å²) in [7, 11) is 0. The zero-order chi connectivity index (χ0) is 11.8. The SMILES string of the molecule is O=C(CCl)c1c[nH]c2cc3c(cc12)OCCO3. The molecule has 2 aromatic rings. The molecule has 0 fully saturated rings. The summed E-state index contributed by atoms with van der Waals surface area (Å²) in [5.74, 6) is 1.25. The second-order valence-electron chi connectivity index (χ2n) is 3.80. The summed E-state index contributed by atoms with van der Waals surface area (Å²) in [6, 6.07) is 3.66. The van der Waals surface area contributed by atoms with Gasteiger partial charge in [0.05, 0.1) is 11.4 Å². The molecule has 5 heteroatoms. The molecule has 0 saturated heterocycles. The molecule has 88 valence electrons. The Kier molecular flexibility index (Phi) is 2.44. The van der Waals surface area contributed by atoms with Crippen LogP contribution in [0, 0.1) is 0 Å². The van der Waals surface area contributed by atoms with Crippen molar-refractivity contribution in [2.75, 3.05) is 19.1 Å². The Morgan fingerprint density at radius 2 is 2.00 bits per heavy atom. The van der Waals surface area contributed by atoms with Crippen molar-refractivity contribution in [1.29, 1.82) is 0 Å². The minimum Gasteiger partial charge on any atom is -0.486 e. The first-order valence-electron chi connectivity index (χ1n) is 5.29. The molecule has 4 nitrogen and oxygen atoms in total. The van der Waals surface area contributed by atoms with Gasteiger partial charge in [0, 0.05) is 23.2 Å². The van der Waals surface area contributed by atoms with Crippen LogP contribution >= 0.6 is 11.6 Å². The predicted molar refractivity (Wildman–Crippen MR) is 64.3 cm³/mol. The third-order valence-corrected chi connectivity index (χ3v) is 3.01. The average Bonchev–Trinajstić information content (AvgIpc) is 2.78. The minimum atomic E-state index is -0.102. The topological polar surface area (TPSA) is 51.3 Å². The molecule has 0 saturated carbocycles. The van der Waals surface area contributed by atoms with E-state index in [1.807, 2.05) is 12.1 Å². The van der Waals surface area contributed by atoms with E-state index >= 15 is 0 Å². The third-order valence-electron chi connectivity index (χ3n) is 2.77. The van der Waals surface area contributed by atoms with Crippen molar-refractivity contribution in [3.8, 4) is 11.5 Å². The van der Waals surface area contributed by atoms with Gasteiger partial charge in [0.25, 0.3) is 0 Å². The molecule has 0 atom stereocenters. The summed E-state index contributed by atoms with van der Waals surface area (Å²) in [4.78, 5) is 14.7. The van der Waals surface area contributed by atoms with E-state index in [9.17, 15) is 4.79 Å². The number of aromatic nitrogens is 1. The van der Waals surface area contributed by atoms with Crippen molar-refractivity contribution >= 4 is 28.3 Å². The third kappa shape index (κ3) is 1.65. The summed E-state index contributed by atoms with van der Waals surface area (Å²) in [6.45, 7) is 1.08. The van der Waals surface area contributed by atoms with E-state index in [-0.39, 0.29) is 11.7 Å². The van der Waals surface area contributed by atoms with E-state index in [0.29, 0.717) is 30.3 Å². The lowest BCUT2D eigenvalue weighted by atomic mass is 10.1. The standard InChI is InChI=1S/C12H10ClNO3/c13-5-10(15)8-6-14-9-4-12-11(3-7(8)9)16-1-2-17-12/h3-4,6,14H,1-2,5H2. The molecule has 0 radical (unpaired) electrons. The van der Waals surface area contributed by atoms with Gasteiger partial charge in [-0.25, -0.2) is 0 Å². The smallest absolute Gasteiger partial charge is 0.179 e. The number of rotatable bonds is 2. The molecule has 1 aliphatic heterocycles. The number of hydrogen-bond acceptors (Lipinski definition) is 3. The van der Waals surface area contributed by atoms with Crippen molar-refractivity contribution in [2.24, 2.45) is 0 Å². The Hall–Kier alpha value is -1.68. The van der Waals surface area contributed by atoms with Crippen LogP contribution in [-0.2, 0) is 0 Å². The number of fused-ring (bicyclic) bond motifs is 2. The number of carbonyl (C=O) groups excluding carboxylic acids is 1. The molecule has 0 unspecified atom stereocenters. The summed E-state index contributed by atoms with van der Waals surface area (Å²) in [6.07, 6.45) is 1.67. The molecule has 1 N–H and O–H groups in total. The second kappa shape index (κ2) is 3.96. The lowest BCUT2D eigenvalue weighted by Crippen LogP contribution is -2.15. The van der Waals surface area contributed by atoms with E-state index in [4.69, 9.17) is 21.1 Å². The van der Waals surface area contributed by atoms with Gasteiger partial charge in [0.15, 0.2) is 17.3 Å². The van der Waals surface area contributed by atoms with Crippen molar-refractivity contribution < 1.29 is 14.3 Å². The van der Waals surface area contributed by atoms with Crippen LogP contribution < -0.4 is 9.47 Å². The number of nitrogens with one attached hydrogen (secondary N) is 1. The second-order valence-corrected chi connectivity index (χ2v) is 4.07. The number of carbonyl (C=O) groups is 1. The molecular weight excluding hydrogens is 242 g/mol. The monoisotopic (exact) mass is 251 g/mol. The molecule has 0 spiro atoms. The van der Waals surface area contributed by atoms with Gasteiger partial charge < -0.3 is 14.5 Å². The molecular formula is C12H10ClNO3. The highest BCUT2D eigenvalue weighted by atomic mass is 35.5. The summed E-state index contributed by atoms with van der Waals surface area (Å²) < 4.78 is 11.0. The number of aromatic amines is 1. The van der Waals surface area contributed by atoms with Gasteiger partial charge in [-0.2, -0.15) is 0 Å². The fourth-order valence-electron chi connectivity index (χ4n) is 1.96. The van der Waals surface area contributed by atoms with Crippen molar-refractivity contribution in [1.82, 2.24) is 4.98 Å². The number of ether oxygens (including phenoxy) is 2. The van der Waals surface area contributed by atoms with Gasteiger partial charge in [-0.3, -0.25) is 4.79 Å². The molecule has 0 aliphatic carbocycles. The molecule has 17 heavy (non-hydrogen) atoms. The van der Waals surface area contributed by atoms with Gasteiger partial charge in [-0.05, 0) is 6.07 Å². The maximum atomic E-state index is 11.6. The van der Waals surface area contributed by atoms with Gasteiger partial charge in [-0.15, -0.1) is 11.6 Å². The lowest BCUT2D eigenvalue weighted by Gasteiger charge is -2.18. The van der Waals surface area contributed by atoms with E-state index in [0.717, 1.165) is 10.9 Å². The van der Waals surface area contributed by atoms with Crippen LogP contribution in [0.2, 0.25) is 0 Å². The zero-order valence-corrected chi connectivity index (χ0v) is 9.71. The summed E-state index contributed by atoms with van der Waals surface area (Å²) >= 11 is 5.57. The number of H-pyrrole nitrogens is 1. The quantitative estimate of drug-likeness (QED) is 0.659. The highest BCUT2D eigenvalue weighted by Crippen LogP contribution is 2.35. The normalized spacial score (nSPS) is 13.9. The number of hydrogen-bond donors (Lipinski definition) is 1. The van der Waals surface area contributed by atoms with Crippen LogP contribution in [0.15, 0.2) is 18.3 Å². The fourth-order valence-corrected chi connectivity index (χ4v) is 2.11. The highest BCUT2D eigenvalue weighted by Gasteiger charge is 2.17. The Morgan fingerprint density at radius 1 is 1.29 bits per heavy atom. The van der Waals surface area contributed by atoms with Crippen LogP contribution in [-0.4, -0.2) is 29.9 Å². The molecule has 0 amide bonds. The van der Waals surface area contributed by atoms with Gasteiger partial charge in [0.2, 0.25) is 0 Å².